The maximum atomic E-state index is 5.69. The molecular formula is C11H9BrN4S. The number of rotatable bonds is 1. The van der Waals surface area contributed by atoms with E-state index in [1.54, 1.807) is 0 Å². The summed E-state index contributed by atoms with van der Waals surface area (Å²) in [6.45, 7) is 1.94. The van der Waals surface area contributed by atoms with Crippen LogP contribution in [0, 0.1) is 6.92 Å². The van der Waals surface area contributed by atoms with Gasteiger partial charge in [0, 0.05) is 4.47 Å². The van der Waals surface area contributed by atoms with Gasteiger partial charge in [-0.1, -0.05) is 27.3 Å². The zero-order valence-corrected chi connectivity index (χ0v) is 11.4. The Labute approximate surface area is 110 Å². The number of hydrogen-bond donors (Lipinski definition) is 2. The number of nitrogens with two attached hydrogens (primary N) is 1. The topological polar surface area (TPSA) is 67.6 Å². The molecule has 3 aromatic rings. The van der Waals surface area contributed by atoms with Gasteiger partial charge in [0.15, 0.2) is 11.0 Å². The summed E-state index contributed by atoms with van der Waals surface area (Å²) in [7, 11) is 0. The second-order valence-electron chi connectivity index (χ2n) is 3.71. The van der Waals surface area contributed by atoms with Gasteiger partial charge < -0.3 is 10.7 Å². The maximum Gasteiger partial charge on any atom is 0.180 e. The van der Waals surface area contributed by atoms with Gasteiger partial charge in [0.2, 0.25) is 0 Å². The van der Waals surface area contributed by atoms with Crippen molar-refractivity contribution < 1.29 is 0 Å². The van der Waals surface area contributed by atoms with Crippen molar-refractivity contribution in [2.45, 2.75) is 6.92 Å². The van der Waals surface area contributed by atoms with Gasteiger partial charge in [-0.15, -0.1) is 0 Å². The van der Waals surface area contributed by atoms with Crippen LogP contribution in [0.4, 0.5) is 5.13 Å². The fourth-order valence-corrected chi connectivity index (χ4v) is 2.87. The van der Waals surface area contributed by atoms with Crippen LogP contribution >= 0.6 is 27.3 Å². The Hall–Kier alpha value is -1.40. The fourth-order valence-electron chi connectivity index (χ4n) is 1.73. The number of benzene rings is 1. The average molecular weight is 309 g/mol. The summed E-state index contributed by atoms with van der Waals surface area (Å²) in [6.07, 6.45) is 0. The van der Waals surface area contributed by atoms with Crippen LogP contribution in [0.25, 0.3) is 21.7 Å². The van der Waals surface area contributed by atoms with E-state index in [2.05, 4.69) is 30.9 Å². The molecule has 0 amide bonds. The molecule has 0 aliphatic carbocycles. The number of thiazole rings is 1. The largest absolute Gasteiger partial charge is 0.375 e. The number of aryl methyl sites for hydroxylation is 1. The van der Waals surface area contributed by atoms with E-state index < -0.39 is 0 Å². The molecule has 0 spiro atoms. The first-order valence-corrected chi connectivity index (χ1v) is 6.63. The molecule has 3 rings (SSSR count). The molecule has 0 atom stereocenters. The van der Waals surface area contributed by atoms with Gasteiger partial charge in [0.1, 0.15) is 0 Å². The molecule has 0 aliphatic rings. The lowest BCUT2D eigenvalue weighted by Gasteiger charge is -1.90. The molecular weight excluding hydrogens is 300 g/mol. The highest BCUT2D eigenvalue weighted by Crippen LogP contribution is 2.31. The second-order valence-corrected chi connectivity index (χ2v) is 5.66. The zero-order valence-electron chi connectivity index (χ0n) is 8.99. The summed E-state index contributed by atoms with van der Waals surface area (Å²) >= 11 is 4.89. The third kappa shape index (κ3) is 1.83. The molecule has 2 heterocycles. The van der Waals surface area contributed by atoms with Gasteiger partial charge in [-0.2, -0.15) is 0 Å². The molecule has 0 bridgehead atoms. The van der Waals surface area contributed by atoms with Crippen LogP contribution in [-0.4, -0.2) is 15.0 Å². The predicted molar refractivity (Wildman–Crippen MR) is 74.1 cm³/mol. The quantitative estimate of drug-likeness (QED) is 0.724. The molecule has 0 radical (unpaired) electrons. The van der Waals surface area contributed by atoms with E-state index in [9.17, 15) is 0 Å². The maximum absolute atomic E-state index is 5.69. The van der Waals surface area contributed by atoms with E-state index in [0.29, 0.717) is 5.13 Å². The van der Waals surface area contributed by atoms with Crippen LogP contribution in [0.5, 0.6) is 0 Å². The Kier molecular flexibility index (Phi) is 2.41. The van der Waals surface area contributed by atoms with E-state index in [0.717, 1.165) is 31.9 Å². The van der Waals surface area contributed by atoms with Crippen molar-refractivity contribution >= 4 is 43.4 Å². The lowest BCUT2D eigenvalue weighted by atomic mass is 10.3. The highest BCUT2D eigenvalue weighted by Gasteiger charge is 2.12. The Bertz CT molecular complexity index is 701. The number of anilines is 1. The van der Waals surface area contributed by atoms with Crippen molar-refractivity contribution in [3.8, 4) is 10.7 Å². The summed E-state index contributed by atoms with van der Waals surface area (Å²) < 4.78 is 1.03. The smallest absolute Gasteiger partial charge is 0.180 e. The van der Waals surface area contributed by atoms with E-state index in [-0.39, 0.29) is 0 Å². The van der Waals surface area contributed by atoms with E-state index in [4.69, 9.17) is 5.73 Å². The van der Waals surface area contributed by atoms with Gasteiger partial charge in [-0.05, 0) is 25.1 Å². The first-order valence-electron chi connectivity index (χ1n) is 5.02. The number of fused-ring (bicyclic) bond motifs is 1. The van der Waals surface area contributed by atoms with Crippen LogP contribution in [0.2, 0.25) is 0 Å². The Morgan fingerprint density at radius 1 is 1.35 bits per heavy atom. The normalized spacial score (nSPS) is 11.2. The molecule has 0 saturated carbocycles. The van der Waals surface area contributed by atoms with Crippen molar-refractivity contribution in [2.75, 3.05) is 5.73 Å². The lowest BCUT2D eigenvalue weighted by molar-refractivity contribution is 1.25. The molecule has 3 N–H and O–H groups in total. The SMILES string of the molecule is Cc1nc(N)sc1-c1nc2ccc(Br)cc2[nH]1. The van der Waals surface area contributed by atoms with E-state index in [1.165, 1.54) is 11.3 Å². The molecule has 4 nitrogen and oxygen atoms in total. The minimum Gasteiger partial charge on any atom is -0.375 e. The second kappa shape index (κ2) is 3.82. The van der Waals surface area contributed by atoms with E-state index >= 15 is 0 Å². The highest BCUT2D eigenvalue weighted by molar-refractivity contribution is 9.10. The summed E-state index contributed by atoms with van der Waals surface area (Å²) in [6, 6.07) is 5.95. The lowest BCUT2D eigenvalue weighted by Crippen LogP contribution is -1.81. The number of imidazole rings is 1. The van der Waals surface area contributed by atoms with Crippen molar-refractivity contribution in [3.05, 3.63) is 28.4 Å². The molecule has 2 aromatic heterocycles. The Balaban J connectivity index is 2.21. The molecule has 0 fully saturated rings. The van der Waals surface area contributed by atoms with Crippen LogP contribution < -0.4 is 5.73 Å². The van der Waals surface area contributed by atoms with Gasteiger partial charge in [-0.3, -0.25) is 0 Å². The number of halogens is 1. The van der Waals surface area contributed by atoms with Crippen molar-refractivity contribution in [2.24, 2.45) is 0 Å². The van der Waals surface area contributed by atoms with Crippen LogP contribution in [0.3, 0.4) is 0 Å². The number of nitrogen functional groups attached to an aromatic ring is 1. The first kappa shape index (κ1) is 10.7. The molecule has 86 valence electrons. The van der Waals surface area contributed by atoms with Gasteiger partial charge in [0.05, 0.1) is 21.6 Å². The van der Waals surface area contributed by atoms with Gasteiger partial charge in [-0.25, -0.2) is 9.97 Å². The van der Waals surface area contributed by atoms with Crippen molar-refractivity contribution in [1.29, 1.82) is 0 Å². The highest BCUT2D eigenvalue weighted by atomic mass is 79.9. The number of aromatic amines is 1. The predicted octanol–water partition coefficient (Wildman–Crippen LogP) is 3.34. The van der Waals surface area contributed by atoms with Gasteiger partial charge in [0.25, 0.3) is 0 Å². The summed E-state index contributed by atoms with van der Waals surface area (Å²) in [5, 5.41) is 0.569. The minimum atomic E-state index is 0.569. The van der Waals surface area contributed by atoms with Crippen molar-refractivity contribution in [1.82, 2.24) is 15.0 Å². The van der Waals surface area contributed by atoms with Crippen LogP contribution in [0.1, 0.15) is 5.69 Å². The molecule has 6 heteroatoms. The third-order valence-corrected chi connectivity index (χ3v) is 3.96. The first-order chi connectivity index (χ1) is 8.13. The molecule has 0 saturated heterocycles. The molecule has 0 aliphatic heterocycles. The number of H-pyrrole nitrogens is 1. The molecule has 17 heavy (non-hydrogen) atoms. The Morgan fingerprint density at radius 2 is 2.18 bits per heavy atom. The van der Waals surface area contributed by atoms with Crippen LogP contribution in [0.15, 0.2) is 22.7 Å². The monoisotopic (exact) mass is 308 g/mol. The summed E-state index contributed by atoms with van der Waals surface area (Å²) in [5.74, 6) is 0.824. The number of nitrogens with one attached hydrogen (secondary N) is 1. The van der Waals surface area contributed by atoms with Gasteiger partial charge >= 0.3 is 0 Å². The molecule has 0 unspecified atom stereocenters. The average Bonchev–Trinajstić information content (AvgIpc) is 2.80. The van der Waals surface area contributed by atoms with E-state index in [1.807, 2.05) is 25.1 Å². The Morgan fingerprint density at radius 3 is 2.88 bits per heavy atom. The molecule has 1 aromatic carbocycles. The number of hydrogen-bond acceptors (Lipinski definition) is 4. The minimum absolute atomic E-state index is 0.569. The zero-order chi connectivity index (χ0) is 12.0. The fraction of sp³-hybridized carbons (Fsp3) is 0.0909. The summed E-state index contributed by atoms with van der Waals surface area (Å²) in [4.78, 5) is 13.0. The number of aromatic nitrogens is 3. The summed E-state index contributed by atoms with van der Waals surface area (Å²) in [5.41, 5.74) is 8.54. The number of nitrogens with zero attached hydrogens (tertiary/aromatic N) is 2. The third-order valence-electron chi connectivity index (χ3n) is 2.47. The van der Waals surface area contributed by atoms with Crippen molar-refractivity contribution in [3.63, 3.8) is 0 Å². The van der Waals surface area contributed by atoms with Crippen LogP contribution in [-0.2, 0) is 0 Å². The standard InChI is InChI=1S/C11H9BrN4S/c1-5-9(17-11(13)14-5)10-15-7-3-2-6(12)4-8(7)16-10/h2-4H,1H3,(H2,13,14)(H,15,16).